The Bertz CT molecular complexity index is 352. The molecule has 0 aliphatic heterocycles. The summed E-state index contributed by atoms with van der Waals surface area (Å²) >= 11 is 0. The lowest BCUT2D eigenvalue weighted by Crippen LogP contribution is -2.23. The largest absolute Gasteiger partial charge is 0.396 e. The fourth-order valence-electron chi connectivity index (χ4n) is 1.45. The maximum atomic E-state index is 12.9. The first-order valence-electron chi connectivity index (χ1n) is 5.13. The van der Waals surface area contributed by atoms with Crippen LogP contribution in [-0.2, 0) is 0 Å². The lowest BCUT2D eigenvalue weighted by Gasteiger charge is -2.12. The fourth-order valence-corrected chi connectivity index (χ4v) is 1.45. The number of aliphatic hydroxyl groups is 1. The van der Waals surface area contributed by atoms with Crippen molar-refractivity contribution >= 4 is 5.69 Å². The molecule has 0 radical (unpaired) electrons. The minimum absolute atomic E-state index is 0.0815. The first-order chi connectivity index (χ1) is 7.16. The third kappa shape index (κ3) is 2.67. The number of nitrogens with two attached hydrogens (primary N) is 1. The molecule has 0 heterocycles. The number of aliphatic hydroxyl groups excluding tert-OH is 1. The lowest BCUT2D eigenvalue weighted by atomic mass is 10.1. The Kier molecular flexibility index (Phi) is 2.88. The average Bonchev–Trinajstić information content (AvgIpc) is 3.02. The van der Waals surface area contributed by atoms with Gasteiger partial charge in [-0.2, -0.15) is 0 Å². The molecule has 82 valence electrons. The maximum Gasteiger partial charge on any atom is 0.146 e. The smallest absolute Gasteiger partial charge is 0.146 e. The highest BCUT2D eigenvalue weighted by Gasteiger charge is 2.21. The fraction of sp³-hybridized carbons (Fsp3) is 0.455. The van der Waals surface area contributed by atoms with Crippen LogP contribution in [0.1, 0.15) is 24.5 Å². The van der Waals surface area contributed by atoms with Crippen LogP contribution >= 0.6 is 0 Å². The van der Waals surface area contributed by atoms with Gasteiger partial charge < -0.3 is 16.2 Å². The van der Waals surface area contributed by atoms with E-state index in [9.17, 15) is 9.50 Å². The zero-order chi connectivity index (χ0) is 10.8. The molecule has 4 heteroatoms. The van der Waals surface area contributed by atoms with Gasteiger partial charge in [0.2, 0.25) is 0 Å². The Morgan fingerprint density at radius 3 is 2.87 bits per heavy atom. The quantitative estimate of drug-likeness (QED) is 0.654. The number of halogens is 1. The molecule has 1 unspecified atom stereocenters. The summed E-state index contributed by atoms with van der Waals surface area (Å²) in [5.74, 6) is -0.443. The van der Waals surface area contributed by atoms with Crippen LogP contribution in [0.15, 0.2) is 18.2 Å². The zero-order valence-corrected chi connectivity index (χ0v) is 8.41. The predicted octanol–water partition coefficient (Wildman–Crippen LogP) is 1.19. The topological polar surface area (TPSA) is 58.3 Å². The first kappa shape index (κ1) is 10.4. The number of anilines is 1. The van der Waals surface area contributed by atoms with Crippen molar-refractivity contribution in [2.75, 3.05) is 12.3 Å². The van der Waals surface area contributed by atoms with E-state index in [-0.39, 0.29) is 5.69 Å². The number of hydrogen-bond donors (Lipinski definition) is 3. The van der Waals surface area contributed by atoms with Gasteiger partial charge in [-0.3, -0.25) is 0 Å². The van der Waals surface area contributed by atoms with Gasteiger partial charge in [0.05, 0.1) is 11.8 Å². The van der Waals surface area contributed by atoms with E-state index in [0.717, 1.165) is 0 Å². The Hall–Kier alpha value is -1.13. The molecule has 1 fully saturated rings. The van der Waals surface area contributed by atoms with Crippen molar-refractivity contribution in [2.45, 2.75) is 25.0 Å². The summed E-state index contributed by atoms with van der Waals surface area (Å²) < 4.78 is 12.9. The van der Waals surface area contributed by atoms with Gasteiger partial charge in [0.25, 0.3) is 0 Å². The summed E-state index contributed by atoms with van der Waals surface area (Å²) in [4.78, 5) is 0. The van der Waals surface area contributed by atoms with Crippen molar-refractivity contribution in [1.82, 2.24) is 5.32 Å². The second kappa shape index (κ2) is 4.16. The van der Waals surface area contributed by atoms with E-state index < -0.39 is 11.9 Å². The molecule has 1 aromatic rings. The highest BCUT2D eigenvalue weighted by atomic mass is 19.1. The van der Waals surface area contributed by atoms with E-state index in [4.69, 9.17) is 5.73 Å². The number of nitrogens with one attached hydrogen (secondary N) is 1. The Balaban J connectivity index is 1.97. The number of benzene rings is 1. The van der Waals surface area contributed by atoms with E-state index in [1.54, 1.807) is 6.07 Å². The molecule has 1 aromatic carbocycles. The second-order valence-electron chi connectivity index (χ2n) is 3.98. The molecular weight excluding hydrogens is 195 g/mol. The molecule has 1 aliphatic rings. The Morgan fingerprint density at radius 2 is 2.27 bits per heavy atom. The molecule has 1 aliphatic carbocycles. The van der Waals surface area contributed by atoms with Gasteiger partial charge in [-0.1, -0.05) is 6.07 Å². The molecule has 0 spiro atoms. The summed E-state index contributed by atoms with van der Waals surface area (Å²) in [6.45, 7) is 0.496. The maximum absolute atomic E-state index is 12.9. The Labute approximate surface area is 88.1 Å². The summed E-state index contributed by atoms with van der Waals surface area (Å²) in [5, 5.41) is 13.0. The molecule has 1 saturated carbocycles. The molecule has 0 bridgehead atoms. The highest BCUT2D eigenvalue weighted by Crippen LogP contribution is 2.21. The standard InChI is InChI=1S/C11H15FN2O/c12-9-4-1-7(5-10(9)13)11(15)6-14-8-2-3-8/h1,4-5,8,11,14-15H,2-3,6,13H2. The van der Waals surface area contributed by atoms with Gasteiger partial charge in [-0.05, 0) is 30.5 Å². The molecule has 0 saturated heterocycles. The van der Waals surface area contributed by atoms with Crippen LogP contribution in [0.4, 0.5) is 10.1 Å². The van der Waals surface area contributed by atoms with E-state index in [0.29, 0.717) is 18.2 Å². The highest BCUT2D eigenvalue weighted by molar-refractivity contribution is 5.43. The van der Waals surface area contributed by atoms with Gasteiger partial charge >= 0.3 is 0 Å². The van der Waals surface area contributed by atoms with Crippen LogP contribution in [0.5, 0.6) is 0 Å². The minimum Gasteiger partial charge on any atom is -0.396 e. The first-order valence-corrected chi connectivity index (χ1v) is 5.13. The van der Waals surface area contributed by atoms with Crippen LogP contribution in [0.25, 0.3) is 0 Å². The molecule has 15 heavy (non-hydrogen) atoms. The van der Waals surface area contributed by atoms with Gasteiger partial charge in [-0.15, -0.1) is 0 Å². The van der Waals surface area contributed by atoms with Gasteiger partial charge in [-0.25, -0.2) is 4.39 Å². The molecule has 0 aromatic heterocycles. The van der Waals surface area contributed by atoms with Crippen LogP contribution in [0.3, 0.4) is 0 Å². The minimum atomic E-state index is -0.617. The monoisotopic (exact) mass is 210 g/mol. The van der Waals surface area contributed by atoms with Gasteiger partial charge in [0, 0.05) is 12.6 Å². The third-order valence-electron chi connectivity index (χ3n) is 2.58. The zero-order valence-electron chi connectivity index (χ0n) is 8.41. The molecule has 0 amide bonds. The summed E-state index contributed by atoms with van der Waals surface area (Å²) in [7, 11) is 0. The molecule has 3 nitrogen and oxygen atoms in total. The lowest BCUT2D eigenvalue weighted by molar-refractivity contribution is 0.174. The third-order valence-corrected chi connectivity index (χ3v) is 2.58. The van der Waals surface area contributed by atoms with E-state index >= 15 is 0 Å². The van der Waals surface area contributed by atoms with E-state index in [1.165, 1.54) is 25.0 Å². The number of nitrogen functional groups attached to an aromatic ring is 1. The van der Waals surface area contributed by atoms with Crippen molar-refractivity contribution in [3.63, 3.8) is 0 Å². The molecule has 1 atom stereocenters. The predicted molar refractivity (Wildman–Crippen MR) is 56.8 cm³/mol. The second-order valence-corrected chi connectivity index (χ2v) is 3.98. The molecule has 4 N–H and O–H groups in total. The van der Waals surface area contributed by atoms with Crippen molar-refractivity contribution in [2.24, 2.45) is 0 Å². The van der Waals surface area contributed by atoms with Crippen LogP contribution < -0.4 is 11.1 Å². The normalized spacial score (nSPS) is 17.7. The average molecular weight is 210 g/mol. The SMILES string of the molecule is Nc1cc(C(O)CNC2CC2)ccc1F. The van der Waals surface area contributed by atoms with E-state index in [2.05, 4.69) is 5.32 Å². The summed E-state index contributed by atoms with van der Waals surface area (Å²) in [5.41, 5.74) is 6.16. The van der Waals surface area contributed by atoms with Gasteiger partial charge in [0.15, 0.2) is 0 Å². The van der Waals surface area contributed by atoms with Crippen molar-refractivity contribution in [3.05, 3.63) is 29.6 Å². The number of hydrogen-bond acceptors (Lipinski definition) is 3. The van der Waals surface area contributed by atoms with Gasteiger partial charge in [0.1, 0.15) is 5.82 Å². The van der Waals surface area contributed by atoms with E-state index in [1.807, 2.05) is 0 Å². The van der Waals surface area contributed by atoms with Crippen LogP contribution in [0.2, 0.25) is 0 Å². The van der Waals surface area contributed by atoms with Crippen molar-refractivity contribution in [1.29, 1.82) is 0 Å². The van der Waals surface area contributed by atoms with Crippen LogP contribution in [0, 0.1) is 5.82 Å². The van der Waals surface area contributed by atoms with Crippen molar-refractivity contribution < 1.29 is 9.50 Å². The molecular formula is C11H15FN2O. The van der Waals surface area contributed by atoms with Crippen molar-refractivity contribution in [3.8, 4) is 0 Å². The van der Waals surface area contributed by atoms with Crippen LogP contribution in [-0.4, -0.2) is 17.7 Å². The molecule has 2 rings (SSSR count). The number of rotatable bonds is 4. The summed E-state index contributed by atoms with van der Waals surface area (Å²) in [6.07, 6.45) is 1.74. The Morgan fingerprint density at radius 1 is 1.53 bits per heavy atom. The summed E-state index contributed by atoms with van der Waals surface area (Å²) in [6, 6.07) is 4.88.